The van der Waals surface area contributed by atoms with Crippen LogP contribution in [0.2, 0.25) is 5.02 Å². The molecule has 1 heterocycles. The Kier molecular flexibility index (Phi) is 3.71. The van der Waals surface area contributed by atoms with Gasteiger partial charge in [0.1, 0.15) is 0 Å². The van der Waals surface area contributed by atoms with Gasteiger partial charge in [0.05, 0.1) is 37.2 Å². The number of hydrogen-bond donors (Lipinski definition) is 1. The number of benzene rings is 1. The molecule has 0 spiro atoms. The summed E-state index contributed by atoms with van der Waals surface area (Å²) in [5.41, 5.74) is 5.67. The van der Waals surface area contributed by atoms with Gasteiger partial charge in [-0.15, -0.1) is 0 Å². The van der Waals surface area contributed by atoms with E-state index in [4.69, 9.17) is 22.1 Å². The van der Waals surface area contributed by atoms with E-state index < -0.39 is 16.4 Å². The molecule has 106 valence electrons. The third-order valence-corrected chi connectivity index (χ3v) is 5.98. The third-order valence-electron chi connectivity index (χ3n) is 3.45. The lowest BCUT2D eigenvalue weighted by Gasteiger charge is -2.27. The van der Waals surface area contributed by atoms with Gasteiger partial charge in [0.2, 0.25) is 0 Å². The molecule has 2 rings (SSSR count). The van der Waals surface area contributed by atoms with E-state index in [0.717, 1.165) is 6.42 Å². The SMILES string of the molecule is CC1(C)CC(S(=O)c2c(N)cccc2Cl)C(C)(C)O1. The number of halogens is 1. The van der Waals surface area contributed by atoms with Crippen molar-refractivity contribution in [3.05, 3.63) is 23.2 Å². The highest BCUT2D eigenvalue weighted by molar-refractivity contribution is 7.86. The first-order valence-electron chi connectivity index (χ1n) is 6.29. The van der Waals surface area contributed by atoms with Crippen LogP contribution in [0.3, 0.4) is 0 Å². The van der Waals surface area contributed by atoms with Crippen molar-refractivity contribution in [3.8, 4) is 0 Å². The van der Waals surface area contributed by atoms with Crippen molar-refractivity contribution in [2.75, 3.05) is 5.73 Å². The summed E-state index contributed by atoms with van der Waals surface area (Å²) in [4.78, 5) is 0.531. The average Bonchev–Trinajstić information content (AvgIpc) is 2.46. The minimum Gasteiger partial charge on any atom is -0.398 e. The molecule has 1 aromatic rings. The summed E-state index contributed by atoms with van der Waals surface area (Å²) >= 11 is 6.15. The summed E-state index contributed by atoms with van der Waals surface area (Å²) in [6, 6.07) is 5.21. The highest BCUT2D eigenvalue weighted by atomic mass is 35.5. The van der Waals surface area contributed by atoms with E-state index in [9.17, 15) is 4.21 Å². The van der Waals surface area contributed by atoms with Gasteiger partial charge in [0.25, 0.3) is 0 Å². The highest BCUT2D eigenvalue weighted by Crippen LogP contribution is 2.43. The summed E-state index contributed by atoms with van der Waals surface area (Å²) < 4.78 is 18.9. The lowest BCUT2D eigenvalue weighted by atomic mass is 10.0. The summed E-state index contributed by atoms with van der Waals surface area (Å²) in [7, 11) is -1.28. The Balaban J connectivity index is 2.40. The second-order valence-electron chi connectivity index (χ2n) is 6.11. The zero-order valence-corrected chi connectivity index (χ0v) is 13.3. The second kappa shape index (κ2) is 4.76. The molecular weight excluding hydrogens is 282 g/mol. The van der Waals surface area contributed by atoms with Crippen LogP contribution in [0, 0.1) is 0 Å². The number of nitrogens with two attached hydrogens (primary N) is 1. The lowest BCUT2D eigenvalue weighted by Crippen LogP contribution is -2.36. The van der Waals surface area contributed by atoms with Crippen molar-refractivity contribution in [1.29, 1.82) is 0 Å². The maximum absolute atomic E-state index is 12.9. The number of nitrogen functional groups attached to an aromatic ring is 1. The topological polar surface area (TPSA) is 52.3 Å². The van der Waals surface area contributed by atoms with Crippen molar-refractivity contribution in [2.45, 2.75) is 55.5 Å². The summed E-state index contributed by atoms with van der Waals surface area (Å²) in [6.07, 6.45) is 0.720. The van der Waals surface area contributed by atoms with Gasteiger partial charge in [-0.05, 0) is 46.2 Å². The smallest absolute Gasteiger partial charge is 0.0807 e. The van der Waals surface area contributed by atoms with Crippen LogP contribution in [0.25, 0.3) is 0 Å². The standard InChI is InChI=1S/C14H20ClNO2S/c1-13(2)8-11(14(3,4)18-13)19(17)12-9(15)6-5-7-10(12)16/h5-7,11H,8,16H2,1-4H3. The van der Waals surface area contributed by atoms with E-state index in [1.54, 1.807) is 18.2 Å². The van der Waals surface area contributed by atoms with Crippen molar-refractivity contribution < 1.29 is 8.95 Å². The summed E-state index contributed by atoms with van der Waals surface area (Å²) in [5, 5.41) is 0.337. The van der Waals surface area contributed by atoms with Crippen LogP contribution in [-0.2, 0) is 15.5 Å². The zero-order valence-electron chi connectivity index (χ0n) is 11.7. The first-order valence-corrected chi connectivity index (χ1v) is 7.88. The van der Waals surface area contributed by atoms with E-state index in [1.807, 2.05) is 27.7 Å². The fourth-order valence-corrected chi connectivity index (χ4v) is 5.10. The maximum Gasteiger partial charge on any atom is 0.0807 e. The van der Waals surface area contributed by atoms with Gasteiger partial charge >= 0.3 is 0 Å². The number of anilines is 1. The molecule has 1 aliphatic rings. The third kappa shape index (κ3) is 2.81. The molecule has 1 saturated heterocycles. The van der Waals surface area contributed by atoms with Gasteiger partial charge in [-0.2, -0.15) is 0 Å². The molecule has 2 unspecified atom stereocenters. The fourth-order valence-electron chi connectivity index (χ4n) is 2.73. The molecule has 1 aliphatic heterocycles. The van der Waals surface area contributed by atoms with Crippen LogP contribution in [0.5, 0.6) is 0 Å². The maximum atomic E-state index is 12.9. The van der Waals surface area contributed by atoms with Crippen molar-refractivity contribution in [3.63, 3.8) is 0 Å². The summed E-state index contributed by atoms with van der Waals surface area (Å²) in [6.45, 7) is 7.97. The largest absolute Gasteiger partial charge is 0.398 e. The van der Waals surface area contributed by atoms with Crippen molar-refractivity contribution in [2.24, 2.45) is 0 Å². The Morgan fingerprint density at radius 1 is 1.37 bits per heavy atom. The molecule has 0 bridgehead atoms. The Hall–Kier alpha value is -0.580. The lowest BCUT2D eigenvalue weighted by molar-refractivity contribution is -0.0633. The number of hydrogen-bond acceptors (Lipinski definition) is 3. The van der Waals surface area contributed by atoms with Gasteiger partial charge in [0, 0.05) is 5.69 Å². The molecule has 1 aromatic carbocycles. The molecular formula is C14H20ClNO2S. The van der Waals surface area contributed by atoms with Crippen LogP contribution in [0.4, 0.5) is 5.69 Å². The molecule has 0 saturated carbocycles. The monoisotopic (exact) mass is 301 g/mol. The molecule has 2 atom stereocenters. The van der Waals surface area contributed by atoms with Gasteiger partial charge in [-0.1, -0.05) is 17.7 Å². The molecule has 5 heteroatoms. The quantitative estimate of drug-likeness (QED) is 0.852. The van der Waals surface area contributed by atoms with E-state index in [0.29, 0.717) is 15.6 Å². The van der Waals surface area contributed by atoms with Crippen LogP contribution < -0.4 is 5.73 Å². The van der Waals surface area contributed by atoms with Crippen molar-refractivity contribution in [1.82, 2.24) is 0 Å². The molecule has 0 aromatic heterocycles. The normalized spacial score (nSPS) is 26.3. The fraction of sp³-hybridized carbons (Fsp3) is 0.571. The predicted octanol–water partition coefficient (Wildman–Crippen LogP) is 3.38. The van der Waals surface area contributed by atoms with E-state index >= 15 is 0 Å². The Morgan fingerprint density at radius 3 is 2.47 bits per heavy atom. The highest BCUT2D eigenvalue weighted by Gasteiger charge is 2.49. The first-order chi connectivity index (χ1) is 8.64. The molecule has 0 aliphatic carbocycles. The van der Waals surface area contributed by atoms with Gasteiger partial charge in [-0.25, -0.2) is 0 Å². The number of ether oxygens (including phenoxy) is 1. The predicted molar refractivity (Wildman–Crippen MR) is 79.9 cm³/mol. The zero-order chi connectivity index (χ0) is 14.4. The van der Waals surface area contributed by atoms with Crippen LogP contribution in [0.1, 0.15) is 34.1 Å². The molecule has 1 fully saturated rings. The average molecular weight is 302 g/mol. The minimum absolute atomic E-state index is 0.121. The van der Waals surface area contributed by atoms with Crippen LogP contribution >= 0.6 is 11.6 Å². The Labute approximate surface area is 121 Å². The van der Waals surface area contributed by atoms with Crippen LogP contribution in [0.15, 0.2) is 23.1 Å². The van der Waals surface area contributed by atoms with Crippen molar-refractivity contribution >= 4 is 28.1 Å². The first kappa shape index (κ1) is 14.8. The van der Waals surface area contributed by atoms with Gasteiger partial charge in [-0.3, -0.25) is 4.21 Å². The molecule has 0 amide bonds. The second-order valence-corrected chi connectivity index (χ2v) is 8.09. The minimum atomic E-state index is -1.28. The number of rotatable bonds is 2. The van der Waals surface area contributed by atoms with Crippen LogP contribution in [-0.4, -0.2) is 20.7 Å². The van der Waals surface area contributed by atoms with E-state index in [-0.39, 0.29) is 10.9 Å². The molecule has 3 nitrogen and oxygen atoms in total. The van der Waals surface area contributed by atoms with Gasteiger partial charge in [0.15, 0.2) is 0 Å². The molecule has 19 heavy (non-hydrogen) atoms. The summed E-state index contributed by atoms with van der Waals surface area (Å²) in [5.74, 6) is 0. The molecule has 2 N–H and O–H groups in total. The Morgan fingerprint density at radius 2 is 2.00 bits per heavy atom. The molecule has 0 radical (unpaired) electrons. The Bertz CT molecular complexity index is 508. The van der Waals surface area contributed by atoms with Gasteiger partial charge < -0.3 is 10.5 Å². The van der Waals surface area contributed by atoms with E-state index in [2.05, 4.69) is 0 Å². The van der Waals surface area contributed by atoms with E-state index in [1.165, 1.54) is 0 Å².